The summed E-state index contributed by atoms with van der Waals surface area (Å²) in [7, 11) is -3.58. The first-order chi connectivity index (χ1) is 13.2. The standard InChI is InChI=1S/C19H23Cl2N3O3S/c1-3-13(2)14-4-6-15(7-5-14)28(26,27)24-10-8-23(9-11-24)19(25)17-12-16(20)18(21)22-17/h4-7,12-13,22H,3,8-11H2,1-2H3/t13-/m1/s1. The van der Waals surface area contributed by atoms with Crippen LogP contribution in [0.15, 0.2) is 35.2 Å². The second-order valence-corrected chi connectivity index (χ2v) is 9.64. The van der Waals surface area contributed by atoms with E-state index in [1.807, 2.05) is 12.1 Å². The average molecular weight is 444 g/mol. The van der Waals surface area contributed by atoms with Gasteiger partial charge in [-0.05, 0) is 36.1 Å². The minimum atomic E-state index is -3.58. The molecule has 3 rings (SSSR count). The molecule has 1 atom stereocenters. The monoisotopic (exact) mass is 443 g/mol. The van der Waals surface area contributed by atoms with Crippen molar-refractivity contribution in [3.63, 3.8) is 0 Å². The van der Waals surface area contributed by atoms with E-state index in [4.69, 9.17) is 23.2 Å². The van der Waals surface area contributed by atoms with E-state index >= 15 is 0 Å². The molecule has 152 valence electrons. The second kappa shape index (κ2) is 8.45. The fourth-order valence-electron chi connectivity index (χ4n) is 3.17. The highest BCUT2D eigenvalue weighted by atomic mass is 35.5. The fourth-order valence-corrected chi connectivity index (χ4v) is 4.91. The van der Waals surface area contributed by atoms with Gasteiger partial charge in [-0.1, -0.05) is 49.2 Å². The lowest BCUT2D eigenvalue weighted by molar-refractivity contribution is 0.0692. The van der Waals surface area contributed by atoms with Crippen LogP contribution in [0.4, 0.5) is 0 Å². The summed E-state index contributed by atoms with van der Waals surface area (Å²) in [5.74, 6) is 0.144. The van der Waals surface area contributed by atoms with E-state index in [0.29, 0.717) is 24.7 Å². The Morgan fingerprint density at radius 3 is 2.25 bits per heavy atom. The van der Waals surface area contributed by atoms with Crippen molar-refractivity contribution < 1.29 is 13.2 Å². The molecular formula is C19H23Cl2N3O3S. The highest BCUT2D eigenvalue weighted by molar-refractivity contribution is 7.89. The number of benzene rings is 1. The Balaban J connectivity index is 1.67. The first-order valence-corrected chi connectivity index (χ1v) is 11.4. The summed E-state index contributed by atoms with van der Waals surface area (Å²) in [6.07, 6.45) is 0.999. The number of carbonyl (C=O) groups is 1. The lowest BCUT2D eigenvalue weighted by Crippen LogP contribution is -2.50. The number of nitrogens with one attached hydrogen (secondary N) is 1. The number of H-pyrrole nitrogens is 1. The van der Waals surface area contributed by atoms with Crippen molar-refractivity contribution in [3.8, 4) is 0 Å². The summed E-state index contributed by atoms with van der Waals surface area (Å²) in [6, 6.07) is 8.56. The van der Waals surface area contributed by atoms with E-state index in [1.165, 1.54) is 10.4 Å². The molecule has 0 aliphatic carbocycles. The number of aromatic amines is 1. The Morgan fingerprint density at radius 1 is 1.14 bits per heavy atom. The van der Waals surface area contributed by atoms with E-state index in [0.717, 1.165) is 12.0 Å². The summed E-state index contributed by atoms with van der Waals surface area (Å²) >= 11 is 11.7. The third-order valence-corrected chi connectivity index (χ3v) is 7.79. The normalized spacial score (nSPS) is 16.9. The molecule has 2 heterocycles. The molecule has 0 unspecified atom stereocenters. The Labute approximate surface area is 175 Å². The van der Waals surface area contributed by atoms with Crippen molar-refractivity contribution >= 4 is 39.1 Å². The van der Waals surface area contributed by atoms with Crippen molar-refractivity contribution in [2.75, 3.05) is 26.2 Å². The average Bonchev–Trinajstić information content (AvgIpc) is 3.05. The summed E-state index contributed by atoms with van der Waals surface area (Å²) in [6.45, 7) is 5.30. The van der Waals surface area contributed by atoms with Gasteiger partial charge in [-0.3, -0.25) is 4.79 Å². The Bertz CT molecular complexity index is 930. The smallest absolute Gasteiger partial charge is 0.270 e. The predicted octanol–water partition coefficient (Wildman–Crippen LogP) is 3.98. The molecule has 0 spiro atoms. The van der Waals surface area contributed by atoms with E-state index in [2.05, 4.69) is 18.8 Å². The van der Waals surface area contributed by atoms with Crippen LogP contribution in [-0.2, 0) is 10.0 Å². The maximum absolute atomic E-state index is 12.9. The van der Waals surface area contributed by atoms with Crippen molar-refractivity contribution in [1.29, 1.82) is 0 Å². The predicted molar refractivity (Wildman–Crippen MR) is 111 cm³/mol. The fraction of sp³-hybridized carbons (Fsp3) is 0.421. The minimum Gasteiger partial charge on any atom is -0.340 e. The zero-order chi connectivity index (χ0) is 20.5. The zero-order valence-electron chi connectivity index (χ0n) is 15.8. The van der Waals surface area contributed by atoms with Gasteiger partial charge in [0.05, 0.1) is 9.92 Å². The summed E-state index contributed by atoms with van der Waals surface area (Å²) in [5, 5.41) is 0.499. The molecule has 1 amide bonds. The van der Waals surface area contributed by atoms with Crippen LogP contribution in [0.3, 0.4) is 0 Å². The molecule has 6 nitrogen and oxygen atoms in total. The van der Waals surface area contributed by atoms with Gasteiger partial charge in [-0.25, -0.2) is 8.42 Å². The molecule has 1 N–H and O–H groups in total. The van der Waals surface area contributed by atoms with Crippen LogP contribution in [0.2, 0.25) is 10.2 Å². The van der Waals surface area contributed by atoms with Gasteiger partial charge < -0.3 is 9.88 Å². The van der Waals surface area contributed by atoms with Gasteiger partial charge in [0.25, 0.3) is 5.91 Å². The van der Waals surface area contributed by atoms with E-state index < -0.39 is 10.0 Å². The number of nitrogens with zero attached hydrogens (tertiary/aromatic N) is 2. The number of aromatic nitrogens is 1. The molecule has 0 bridgehead atoms. The molecular weight excluding hydrogens is 421 g/mol. The first-order valence-electron chi connectivity index (χ1n) is 9.17. The highest BCUT2D eigenvalue weighted by Crippen LogP contribution is 2.25. The topological polar surface area (TPSA) is 73.5 Å². The largest absolute Gasteiger partial charge is 0.340 e. The van der Waals surface area contributed by atoms with Crippen LogP contribution in [0.1, 0.15) is 42.2 Å². The molecule has 1 aromatic carbocycles. The van der Waals surface area contributed by atoms with Crippen LogP contribution < -0.4 is 0 Å². The SMILES string of the molecule is CC[C@@H](C)c1ccc(S(=O)(=O)N2CCN(C(=O)c3cc(Cl)c(Cl)[nH]3)CC2)cc1. The number of hydrogen-bond donors (Lipinski definition) is 1. The second-order valence-electron chi connectivity index (χ2n) is 6.92. The molecule has 1 saturated heterocycles. The Hall–Kier alpha value is -1.54. The molecule has 0 radical (unpaired) electrons. The Morgan fingerprint density at radius 2 is 1.75 bits per heavy atom. The van der Waals surface area contributed by atoms with Crippen LogP contribution >= 0.6 is 23.2 Å². The summed E-state index contributed by atoms with van der Waals surface area (Å²) < 4.78 is 27.2. The first kappa shape index (κ1) is 21.2. The van der Waals surface area contributed by atoms with Crippen molar-refractivity contribution in [2.45, 2.75) is 31.1 Å². The van der Waals surface area contributed by atoms with Gasteiger partial charge in [-0.15, -0.1) is 0 Å². The van der Waals surface area contributed by atoms with Gasteiger partial charge in [0.2, 0.25) is 10.0 Å². The minimum absolute atomic E-state index is 0.215. The molecule has 1 fully saturated rings. The lowest BCUT2D eigenvalue weighted by Gasteiger charge is -2.33. The van der Waals surface area contributed by atoms with Gasteiger partial charge in [0, 0.05) is 26.2 Å². The number of halogens is 2. The molecule has 0 saturated carbocycles. The van der Waals surface area contributed by atoms with Gasteiger partial charge in [-0.2, -0.15) is 4.31 Å². The number of piperazine rings is 1. The molecule has 2 aromatic rings. The van der Waals surface area contributed by atoms with Crippen LogP contribution in [0, 0.1) is 0 Å². The third kappa shape index (κ3) is 4.22. The number of rotatable bonds is 5. The molecule has 1 aliphatic heterocycles. The van der Waals surface area contributed by atoms with Crippen LogP contribution in [0.25, 0.3) is 0 Å². The van der Waals surface area contributed by atoms with Gasteiger partial charge in [0.1, 0.15) is 10.8 Å². The maximum Gasteiger partial charge on any atom is 0.270 e. The summed E-state index contributed by atoms with van der Waals surface area (Å²) in [5.41, 5.74) is 1.42. The lowest BCUT2D eigenvalue weighted by atomic mass is 9.99. The van der Waals surface area contributed by atoms with Gasteiger partial charge in [0.15, 0.2) is 0 Å². The Kier molecular flexibility index (Phi) is 6.39. The van der Waals surface area contributed by atoms with Crippen molar-refractivity contribution in [3.05, 3.63) is 51.8 Å². The van der Waals surface area contributed by atoms with E-state index in [-0.39, 0.29) is 34.1 Å². The van der Waals surface area contributed by atoms with Crippen LogP contribution in [-0.4, -0.2) is 54.7 Å². The highest BCUT2D eigenvalue weighted by Gasteiger charge is 2.31. The van der Waals surface area contributed by atoms with Crippen LogP contribution in [0.5, 0.6) is 0 Å². The zero-order valence-corrected chi connectivity index (χ0v) is 18.1. The summed E-state index contributed by atoms with van der Waals surface area (Å²) in [4.78, 5) is 17.1. The number of hydrogen-bond acceptors (Lipinski definition) is 3. The molecule has 28 heavy (non-hydrogen) atoms. The van der Waals surface area contributed by atoms with Gasteiger partial charge >= 0.3 is 0 Å². The number of carbonyl (C=O) groups excluding carboxylic acids is 1. The molecule has 9 heteroatoms. The molecule has 1 aromatic heterocycles. The molecule has 1 aliphatic rings. The quantitative estimate of drug-likeness (QED) is 0.758. The number of sulfonamides is 1. The van der Waals surface area contributed by atoms with E-state index in [9.17, 15) is 13.2 Å². The van der Waals surface area contributed by atoms with E-state index in [1.54, 1.807) is 17.0 Å². The third-order valence-electron chi connectivity index (χ3n) is 5.18. The maximum atomic E-state index is 12.9. The van der Waals surface area contributed by atoms with Crippen molar-refractivity contribution in [1.82, 2.24) is 14.2 Å². The number of amides is 1. The van der Waals surface area contributed by atoms with Crippen molar-refractivity contribution in [2.24, 2.45) is 0 Å².